The van der Waals surface area contributed by atoms with Crippen molar-refractivity contribution in [2.24, 2.45) is 0 Å². The summed E-state index contributed by atoms with van der Waals surface area (Å²) in [6.45, 7) is 1.75. The minimum absolute atomic E-state index is 0.0423. The van der Waals surface area contributed by atoms with Crippen molar-refractivity contribution < 1.29 is 9.72 Å². The molecule has 0 spiro atoms. The third-order valence-electron chi connectivity index (χ3n) is 3.53. The van der Waals surface area contributed by atoms with Crippen molar-refractivity contribution in [2.45, 2.75) is 43.5 Å². The summed E-state index contributed by atoms with van der Waals surface area (Å²) in [6, 6.07) is 4.64. The second-order valence-electron chi connectivity index (χ2n) is 5.24. The van der Waals surface area contributed by atoms with E-state index in [0.29, 0.717) is 16.0 Å². The zero-order chi connectivity index (χ0) is 14.7. The minimum atomic E-state index is -0.472. The van der Waals surface area contributed by atoms with Crippen LogP contribution in [0.3, 0.4) is 0 Å². The summed E-state index contributed by atoms with van der Waals surface area (Å²) in [5, 5.41) is 13.8. The van der Waals surface area contributed by atoms with Gasteiger partial charge in [-0.05, 0) is 44.2 Å². The number of nitrogens with one attached hydrogen (secondary N) is 1. The Bertz CT molecular complexity index is 525. The summed E-state index contributed by atoms with van der Waals surface area (Å²) in [5.74, 6) is -0.227. The largest absolute Gasteiger partial charge is 0.349 e. The van der Waals surface area contributed by atoms with Gasteiger partial charge in [0.15, 0.2) is 0 Å². The van der Waals surface area contributed by atoms with Gasteiger partial charge in [-0.1, -0.05) is 15.9 Å². The zero-order valence-corrected chi connectivity index (χ0v) is 12.9. The van der Waals surface area contributed by atoms with Gasteiger partial charge < -0.3 is 5.32 Å². The summed E-state index contributed by atoms with van der Waals surface area (Å²) >= 11 is 3.57. The number of alkyl halides is 1. The molecule has 1 N–H and O–H groups in total. The number of non-ortho nitro benzene ring substituents is 1. The van der Waals surface area contributed by atoms with Gasteiger partial charge in [0.25, 0.3) is 11.6 Å². The molecule has 1 aromatic rings. The summed E-state index contributed by atoms with van der Waals surface area (Å²) in [4.78, 5) is 23.1. The molecule has 20 heavy (non-hydrogen) atoms. The molecule has 0 radical (unpaired) electrons. The van der Waals surface area contributed by atoms with Gasteiger partial charge in [0, 0.05) is 28.6 Å². The molecule has 1 saturated carbocycles. The molecule has 2 rings (SSSR count). The lowest BCUT2D eigenvalue weighted by Gasteiger charge is -2.26. The van der Waals surface area contributed by atoms with E-state index in [1.54, 1.807) is 13.0 Å². The van der Waals surface area contributed by atoms with E-state index in [2.05, 4.69) is 21.2 Å². The van der Waals surface area contributed by atoms with Gasteiger partial charge in [0.1, 0.15) is 0 Å². The molecule has 5 nitrogen and oxygen atoms in total. The third-order valence-corrected chi connectivity index (χ3v) is 4.44. The van der Waals surface area contributed by atoms with Gasteiger partial charge in [0.2, 0.25) is 0 Å². The molecule has 1 aliphatic rings. The van der Waals surface area contributed by atoms with Crippen LogP contribution in [0.2, 0.25) is 0 Å². The van der Waals surface area contributed by atoms with Gasteiger partial charge in [-0.3, -0.25) is 14.9 Å². The van der Waals surface area contributed by atoms with Crippen molar-refractivity contribution in [3.63, 3.8) is 0 Å². The number of aryl methyl sites for hydroxylation is 1. The Balaban J connectivity index is 2.07. The predicted molar refractivity (Wildman–Crippen MR) is 80.3 cm³/mol. The maximum absolute atomic E-state index is 12.2. The predicted octanol–water partition coefficient (Wildman–Crippen LogP) is 3.34. The molecule has 1 aliphatic carbocycles. The van der Waals surface area contributed by atoms with E-state index in [0.717, 1.165) is 25.7 Å². The number of carbonyl (C=O) groups is 1. The second kappa shape index (κ2) is 6.35. The maximum Gasteiger partial charge on any atom is 0.270 e. The number of amides is 1. The molecule has 108 valence electrons. The summed E-state index contributed by atoms with van der Waals surface area (Å²) in [7, 11) is 0. The molecule has 1 amide bonds. The number of halogens is 1. The van der Waals surface area contributed by atoms with Crippen LogP contribution in [0.5, 0.6) is 0 Å². The number of nitro benzene ring substituents is 1. The van der Waals surface area contributed by atoms with Crippen LogP contribution in [-0.4, -0.2) is 21.7 Å². The molecule has 0 atom stereocenters. The van der Waals surface area contributed by atoms with Crippen molar-refractivity contribution in [2.75, 3.05) is 0 Å². The lowest BCUT2D eigenvalue weighted by Crippen LogP contribution is -2.37. The van der Waals surface area contributed by atoms with E-state index in [1.165, 1.54) is 12.1 Å². The molecule has 1 fully saturated rings. The first-order valence-corrected chi connectivity index (χ1v) is 7.58. The van der Waals surface area contributed by atoms with Crippen LogP contribution in [0.1, 0.15) is 41.6 Å². The van der Waals surface area contributed by atoms with Crippen LogP contribution in [0.15, 0.2) is 18.2 Å². The number of hydrogen-bond acceptors (Lipinski definition) is 3. The lowest BCUT2D eigenvalue weighted by atomic mass is 9.95. The van der Waals surface area contributed by atoms with Crippen LogP contribution < -0.4 is 5.32 Å². The smallest absolute Gasteiger partial charge is 0.270 e. The Morgan fingerprint density at radius 2 is 1.95 bits per heavy atom. The monoisotopic (exact) mass is 340 g/mol. The molecule has 1 aromatic carbocycles. The van der Waals surface area contributed by atoms with Crippen LogP contribution in [0.25, 0.3) is 0 Å². The highest BCUT2D eigenvalue weighted by Gasteiger charge is 2.22. The Hall–Kier alpha value is -1.43. The Morgan fingerprint density at radius 1 is 1.30 bits per heavy atom. The first-order chi connectivity index (χ1) is 9.45. The number of nitro groups is 1. The molecular formula is C14H17BrN2O3. The van der Waals surface area contributed by atoms with Crippen molar-refractivity contribution in [3.05, 3.63) is 39.4 Å². The van der Waals surface area contributed by atoms with Crippen LogP contribution in [0.4, 0.5) is 5.69 Å². The van der Waals surface area contributed by atoms with Gasteiger partial charge in [-0.2, -0.15) is 0 Å². The molecular weight excluding hydrogens is 324 g/mol. The van der Waals surface area contributed by atoms with Gasteiger partial charge in [-0.15, -0.1) is 0 Å². The average Bonchev–Trinajstić information content (AvgIpc) is 2.40. The van der Waals surface area contributed by atoms with Gasteiger partial charge in [0.05, 0.1) is 4.92 Å². The second-order valence-corrected chi connectivity index (χ2v) is 6.53. The zero-order valence-electron chi connectivity index (χ0n) is 11.3. The van der Waals surface area contributed by atoms with E-state index in [9.17, 15) is 14.9 Å². The minimum Gasteiger partial charge on any atom is -0.349 e. The fraction of sp³-hybridized carbons (Fsp3) is 0.500. The highest BCUT2D eigenvalue weighted by Crippen LogP contribution is 2.24. The standard InChI is InChI=1S/C14H17BrN2O3/c1-9-6-10(8-13(7-9)17(19)20)14(18)16-12-4-2-11(15)3-5-12/h6-8,11-12H,2-5H2,1H3,(H,16,18). The maximum atomic E-state index is 12.2. The Labute approximate surface area is 126 Å². The fourth-order valence-corrected chi connectivity index (χ4v) is 2.99. The van der Waals surface area contributed by atoms with Gasteiger partial charge >= 0.3 is 0 Å². The quantitative estimate of drug-likeness (QED) is 0.521. The first-order valence-electron chi connectivity index (χ1n) is 6.66. The van der Waals surface area contributed by atoms with Crippen molar-refractivity contribution >= 4 is 27.5 Å². The number of benzene rings is 1. The lowest BCUT2D eigenvalue weighted by molar-refractivity contribution is -0.384. The van der Waals surface area contributed by atoms with E-state index < -0.39 is 4.92 Å². The van der Waals surface area contributed by atoms with Crippen molar-refractivity contribution in [1.82, 2.24) is 5.32 Å². The molecule has 0 bridgehead atoms. The molecule has 6 heteroatoms. The number of nitrogens with zero attached hydrogens (tertiary/aromatic N) is 1. The van der Waals surface area contributed by atoms with Crippen molar-refractivity contribution in [1.29, 1.82) is 0 Å². The summed E-state index contributed by atoms with van der Waals surface area (Å²) < 4.78 is 0. The van der Waals surface area contributed by atoms with E-state index in [-0.39, 0.29) is 17.6 Å². The normalized spacial score (nSPS) is 22.3. The molecule has 0 aromatic heterocycles. The first kappa shape index (κ1) is 15.0. The summed E-state index contributed by atoms with van der Waals surface area (Å²) in [6.07, 6.45) is 3.96. The van der Waals surface area contributed by atoms with Crippen LogP contribution in [0, 0.1) is 17.0 Å². The van der Waals surface area contributed by atoms with E-state index in [4.69, 9.17) is 0 Å². The highest BCUT2D eigenvalue weighted by molar-refractivity contribution is 9.09. The number of rotatable bonds is 3. The molecule has 0 aliphatic heterocycles. The number of hydrogen-bond donors (Lipinski definition) is 1. The number of carbonyl (C=O) groups excluding carboxylic acids is 1. The molecule has 0 unspecified atom stereocenters. The molecule has 0 heterocycles. The van der Waals surface area contributed by atoms with Gasteiger partial charge in [-0.25, -0.2) is 0 Å². The topological polar surface area (TPSA) is 72.2 Å². The third kappa shape index (κ3) is 3.79. The Morgan fingerprint density at radius 3 is 2.55 bits per heavy atom. The summed E-state index contributed by atoms with van der Waals surface area (Å²) in [5.41, 5.74) is 1.03. The van der Waals surface area contributed by atoms with Crippen LogP contribution >= 0.6 is 15.9 Å². The Kier molecular flexibility index (Phi) is 4.75. The fourth-order valence-electron chi connectivity index (χ4n) is 2.47. The highest BCUT2D eigenvalue weighted by atomic mass is 79.9. The average molecular weight is 341 g/mol. The van der Waals surface area contributed by atoms with Crippen molar-refractivity contribution in [3.8, 4) is 0 Å². The molecule has 0 saturated heterocycles. The van der Waals surface area contributed by atoms with E-state index in [1.807, 2.05) is 0 Å². The SMILES string of the molecule is Cc1cc(C(=O)NC2CCC(Br)CC2)cc([N+](=O)[O-])c1. The van der Waals surface area contributed by atoms with Crippen LogP contribution in [-0.2, 0) is 0 Å². The van der Waals surface area contributed by atoms with E-state index >= 15 is 0 Å².